The zero-order valence-corrected chi connectivity index (χ0v) is 11.0. The number of hydrogen-bond donors (Lipinski definition) is 2. The predicted octanol–water partition coefficient (Wildman–Crippen LogP) is 2.02. The molecule has 1 aromatic heterocycles. The van der Waals surface area contributed by atoms with Crippen molar-refractivity contribution in [3.8, 4) is 0 Å². The smallest absolute Gasteiger partial charge is 0.131 e. The molecule has 0 bridgehead atoms. The van der Waals surface area contributed by atoms with Gasteiger partial charge in [0.05, 0.1) is 17.6 Å². The van der Waals surface area contributed by atoms with E-state index in [4.69, 9.17) is 10.7 Å². The van der Waals surface area contributed by atoms with Crippen molar-refractivity contribution >= 4 is 5.69 Å². The maximum Gasteiger partial charge on any atom is 0.131 e. The van der Waals surface area contributed by atoms with Crippen LogP contribution < -0.4 is 11.1 Å². The van der Waals surface area contributed by atoms with Crippen LogP contribution in [-0.4, -0.2) is 23.1 Å². The van der Waals surface area contributed by atoms with Crippen molar-refractivity contribution in [3.63, 3.8) is 0 Å². The molecule has 94 valence electrons. The predicted molar refractivity (Wildman–Crippen MR) is 70.3 cm³/mol. The summed E-state index contributed by atoms with van der Waals surface area (Å²) in [5, 5.41) is 3.31. The van der Waals surface area contributed by atoms with Crippen molar-refractivity contribution in [2.45, 2.75) is 44.9 Å². The molecule has 4 heteroatoms. The monoisotopic (exact) mass is 234 g/mol. The van der Waals surface area contributed by atoms with Crippen LogP contribution in [-0.2, 0) is 5.41 Å². The molecule has 0 aromatic carbocycles. The molecule has 0 atom stereocenters. The zero-order valence-electron chi connectivity index (χ0n) is 11.0. The molecular formula is C13H22N4. The van der Waals surface area contributed by atoms with Crippen LogP contribution in [0.2, 0.25) is 0 Å². The zero-order chi connectivity index (χ0) is 12.5. The van der Waals surface area contributed by atoms with Gasteiger partial charge in [0.25, 0.3) is 0 Å². The molecule has 1 aromatic rings. The van der Waals surface area contributed by atoms with Gasteiger partial charge in [0, 0.05) is 24.4 Å². The van der Waals surface area contributed by atoms with Crippen molar-refractivity contribution in [1.29, 1.82) is 0 Å². The molecule has 0 aliphatic heterocycles. The van der Waals surface area contributed by atoms with Crippen molar-refractivity contribution in [1.82, 2.24) is 9.97 Å². The number of rotatable bonds is 4. The van der Waals surface area contributed by atoms with Gasteiger partial charge in [-0.15, -0.1) is 0 Å². The third-order valence-corrected chi connectivity index (χ3v) is 2.92. The Morgan fingerprint density at radius 2 is 2.12 bits per heavy atom. The van der Waals surface area contributed by atoms with Gasteiger partial charge in [0.15, 0.2) is 0 Å². The van der Waals surface area contributed by atoms with E-state index in [1.54, 1.807) is 0 Å². The van der Waals surface area contributed by atoms with Gasteiger partial charge in [-0.1, -0.05) is 20.8 Å². The normalized spacial score (nSPS) is 16.0. The average Bonchev–Trinajstić information content (AvgIpc) is 3.08. The second kappa shape index (κ2) is 4.61. The Balaban J connectivity index is 2.30. The maximum atomic E-state index is 5.52. The molecule has 0 radical (unpaired) electrons. The lowest BCUT2D eigenvalue weighted by molar-refractivity contribution is 0.564. The molecule has 1 aliphatic carbocycles. The van der Waals surface area contributed by atoms with E-state index in [0.717, 1.165) is 23.8 Å². The number of hydrogen-bond acceptors (Lipinski definition) is 4. The average molecular weight is 234 g/mol. The van der Waals surface area contributed by atoms with Gasteiger partial charge in [-0.05, 0) is 12.8 Å². The first kappa shape index (κ1) is 12.3. The fourth-order valence-corrected chi connectivity index (χ4v) is 1.84. The molecule has 0 unspecified atom stereocenters. The van der Waals surface area contributed by atoms with E-state index in [-0.39, 0.29) is 5.41 Å². The van der Waals surface area contributed by atoms with E-state index in [1.165, 1.54) is 12.8 Å². The standard InChI is InChI=1S/C13H22N4/c1-13(2,3)11-10(15-7-6-14)8-16-12(17-11)9-4-5-9/h8-9,15H,4-7,14H2,1-3H3. The fourth-order valence-electron chi connectivity index (χ4n) is 1.84. The number of nitrogens with one attached hydrogen (secondary N) is 1. The third kappa shape index (κ3) is 2.94. The highest BCUT2D eigenvalue weighted by atomic mass is 15.0. The third-order valence-electron chi connectivity index (χ3n) is 2.92. The fraction of sp³-hybridized carbons (Fsp3) is 0.692. The van der Waals surface area contributed by atoms with Crippen LogP contribution in [0.15, 0.2) is 6.20 Å². The summed E-state index contributed by atoms with van der Waals surface area (Å²) in [7, 11) is 0. The summed E-state index contributed by atoms with van der Waals surface area (Å²) < 4.78 is 0. The molecule has 4 nitrogen and oxygen atoms in total. The first-order valence-corrected chi connectivity index (χ1v) is 6.33. The van der Waals surface area contributed by atoms with E-state index in [0.29, 0.717) is 12.5 Å². The summed E-state index contributed by atoms with van der Waals surface area (Å²) in [5.74, 6) is 1.60. The van der Waals surface area contributed by atoms with Crippen molar-refractivity contribution in [3.05, 3.63) is 17.7 Å². The van der Waals surface area contributed by atoms with E-state index in [2.05, 4.69) is 31.1 Å². The molecule has 2 rings (SSSR count). The van der Waals surface area contributed by atoms with Gasteiger partial charge in [0.1, 0.15) is 5.82 Å². The Labute approximate surface area is 103 Å². The first-order chi connectivity index (χ1) is 8.02. The molecule has 17 heavy (non-hydrogen) atoms. The molecule has 1 aliphatic rings. The molecule has 1 fully saturated rings. The summed E-state index contributed by atoms with van der Waals surface area (Å²) in [4.78, 5) is 9.20. The minimum absolute atomic E-state index is 0.0313. The molecular weight excluding hydrogens is 212 g/mol. The van der Waals surface area contributed by atoms with Crippen molar-refractivity contribution in [2.75, 3.05) is 18.4 Å². The van der Waals surface area contributed by atoms with Gasteiger partial charge in [-0.3, -0.25) is 0 Å². The highest BCUT2D eigenvalue weighted by Crippen LogP contribution is 2.39. The summed E-state index contributed by atoms with van der Waals surface area (Å²) in [6.45, 7) is 7.92. The van der Waals surface area contributed by atoms with E-state index in [9.17, 15) is 0 Å². The number of nitrogens with zero attached hydrogens (tertiary/aromatic N) is 2. The minimum Gasteiger partial charge on any atom is -0.381 e. The molecule has 0 spiro atoms. The first-order valence-electron chi connectivity index (χ1n) is 6.33. The summed E-state index contributed by atoms with van der Waals surface area (Å²) >= 11 is 0. The maximum absolute atomic E-state index is 5.52. The van der Waals surface area contributed by atoms with Gasteiger partial charge in [0.2, 0.25) is 0 Å². The Kier molecular flexibility index (Phi) is 3.33. The SMILES string of the molecule is CC(C)(C)c1nc(C2CC2)ncc1NCCN. The van der Waals surface area contributed by atoms with E-state index >= 15 is 0 Å². The Hall–Kier alpha value is -1.16. The van der Waals surface area contributed by atoms with Crippen LogP contribution in [0.4, 0.5) is 5.69 Å². The van der Waals surface area contributed by atoms with Gasteiger partial charge in [-0.25, -0.2) is 9.97 Å². The molecule has 3 N–H and O–H groups in total. The Morgan fingerprint density at radius 1 is 1.41 bits per heavy atom. The van der Waals surface area contributed by atoms with Gasteiger partial charge in [-0.2, -0.15) is 0 Å². The largest absolute Gasteiger partial charge is 0.381 e. The van der Waals surface area contributed by atoms with Crippen molar-refractivity contribution < 1.29 is 0 Å². The highest BCUT2D eigenvalue weighted by molar-refractivity contribution is 5.49. The summed E-state index contributed by atoms with van der Waals surface area (Å²) in [6.07, 6.45) is 4.38. The van der Waals surface area contributed by atoms with Gasteiger partial charge < -0.3 is 11.1 Å². The van der Waals surface area contributed by atoms with Crippen LogP contribution in [0.25, 0.3) is 0 Å². The van der Waals surface area contributed by atoms with Crippen LogP contribution in [0, 0.1) is 0 Å². The second-order valence-electron chi connectivity index (χ2n) is 5.73. The topological polar surface area (TPSA) is 63.8 Å². The lowest BCUT2D eigenvalue weighted by Crippen LogP contribution is -2.21. The molecule has 1 heterocycles. The second-order valence-corrected chi connectivity index (χ2v) is 5.73. The summed E-state index contributed by atoms with van der Waals surface area (Å²) in [6, 6.07) is 0. The van der Waals surface area contributed by atoms with Gasteiger partial charge >= 0.3 is 0 Å². The lowest BCUT2D eigenvalue weighted by Gasteiger charge is -2.22. The van der Waals surface area contributed by atoms with Crippen LogP contribution in [0.3, 0.4) is 0 Å². The molecule has 0 amide bonds. The highest BCUT2D eigenvalue weighted by Gasteiger charge is 2.29. The number of nitrogens with two attached hydrogens (primary N) is 1. The molecule has 0 saturated heterocycles. The Bertz CT molecular complexity index is 391. The number of anilines is 1. The van der Waals surface area contributed by atoms with E-state index in [1.807, 2.05) is 6.20 Å². The van der Waals surface area contributed by atoms with Crippen LogP contribution in [0.5, 0.6) is 0 Å². The lowest BCUT2D eigenvalue weighted by atomic mass is 9.90. The van der Waals surface area contributed by atoms with Crippen LogP contribution in [0.1, 0.15) is 51.0 Å². The minimum atomic E-state index is 0.0313. The van der Waals surface area contributed by atoms with Crippen molar-refractivity contribution in [2.24, 2.45) is 5.73 Å². The quantitative estimate of drug-likeness (QED) is 0.836. The number of aromatic nitrogens is 2. The Morgan fingerprint density at radius 3 is 2.65 bits per heavy atom. The van der Waals surface area contributed by atoms with E-state index < -0.39 is 0 Å². The van der Waals surface area contributed by atoms with Crippen LogP contribution >= 0.6 is 0 Å². The summed E-state index contributed by atoms with van der Waals surface area (Å²) in [5.41, 5.74) is 7.67. The molecule has 1 saturated carbocycles.